The molecule has 0 atom stereocenters. The predicted molar refractivity (Wildman–Crippen MR) is 72.6 cm³/mol. The molecule has 126 valence electrons. The Morgan fingerprint density at radius 3 is 1.09 bits per heavy atom. The van der Waals surface area contributed by atoms with Gasteiger partial charge in [-0.05, 0) is 5.92 Å². The lowest BCUT2D eigenvalue weighted by Crippen LogP contribution is -2.42. The van der Waals surface area contributed by atoms with E-state index < -0.39 is 50.1 Å². The molecule has 22 heavy (non-hydrogen) atoms. The van der Waals surface area contributed by atoms with Crippen molar-refractivity contribution >= 4 is 23.9 Å². The Kier molecular flexibility index (Phi) is 8.72. The first-order chi connectivity index (χ1) is 10.1. The molecular weight excluding hydrogens is 300 g/mol. The number of aliphatic carboxylic acids is 4. The third-order valence-corrected chi connectivity index (χ3v) is 2.58. The third kappa shape index (κ3) is 10.6. The Labute approximate surface area is 126 Å². The molecule has 0 spiro atoms. The van der Waals surface area contributed by atoms with Crippen molar-refractivity contribution in [1.82, 2.24) is 9.80 Å². The highest BCUT2D eigenvalue weighted by molar-refractivity contribution is 5.73. The van der Waals surface area contributed by atoms with Gasteiger partial charge in [0.05, 0.1) is 26.2 Å². The quantitative estimate of drug-likeness (QED) is 0.336. The summed E-state index contributed by atoms with van der Waals surface area (Å²) in [5, 5.41) is 34.9. The SMILES string of the molecule is CC(CN(CC(=O)O)CC(=O)O)CN(CC(=O)O)CC(=O)O. The lowest BCUT2D eigenvalue weighted by Gasteiger charge is -2.26. The van der Waals surface area contributed by atoms with Gasteiger partial charge in [0, 0.05) is 13.1 Å². The molecule has 0 aliphatic rings. The van der Waals surface area contributed by atoms with Gasteiger partial charge in [-0.2, -0.15) is 0 Å². The van der Waals surface area contributed by atoms with E-state index in [1.807, 2.05) is 0 Å². The van der Waals surface area contributed by atoms with E-state index in [9.17, 15) is 19.2 Å². The summed E-state index contributed by atoms with van der Waals surface area (Å²) in [6, 6.07) is 0. The summed E-state index contributed by atoms with van der Waals surface area (Å²) in [5.41, 5.74) is 0. The molecule has 0 saturated heterocycles. The highest BCUT2D eigenvalue weighted by Gasteiger charge is 2.20. The number of carboxylic acids is 4. The van der Waals surface area contributed by atoms with Crippen molar-refractivity contribution in [3.8, 4) is 0 Å². The number of carboxylic acid groups (broad SMARTS) is 4. The molecule has 4 N–H and O–H groups in total. The molecule has 0 aliphatic heterocycles. The van der Waals surface area contributed by atoms with Crippen LogP contribution in [0.25, 0.3) is 0 Å². The number of nitrogens with zero attached hydrogens (tertiary/aromatic N) is 2. The van der Waals surface area contributed by atoms with Crippen molar-refractivity contribution in [1.29, 1.82) is 0 Å². The first-order valence-electron chi connectivity index (χ1n) is 6.42. The highest BCUT2D eigenvalue weighted by Crippen LogP contribution is 2.04. The van der Waals surface area contributed by atoms with Crippen molar-refractivity contribution in [3.05, 3.63) is 0 Å². The van der Waals surface area contributed by atoms with Gasteiger partial charge in [-0.25, -0.2) is 0 Å². The third-order valence-electron chi connectivity index (χ3n) is 2.58. The molecule has 0 saturated carbocycles. The fourth-order valence-corrected chi connectivity index (χ4v) is 2.07. The van der Waals surface area contributed by atoms with E-state index in [0.29, 0.717) is 0 Å². The maximum atomic E-state index is 10.7. The molecule has 10 nitrogen and oxygen atoms in total. The largest absolute Gasteiger partial charge is 0.480 e. The van der Waals surface area contributed by atoms with Crippen LogP contribution in [0.2, 0.25) is 0 Å². The van der Waals surface area contributed by atoms with Crippen LogP contribution in [0.4, 0.5) is 0 Å². The Morgan fingerprint density at radius 1 is 0.682 bits per heavy atom. The van der Waals surface area contributed by atoms with Crippen LogP contribution >= 0.6 is 0 Å². The van der Waals surface area contributed by atoms with E-state index in [-0.39, 0.29) is 19.0 Å². The highest BCUT2D eigenvalue weighted by atomic mass is 16.4. The number of hydrogen-bond acceptors (Lipinski definition) is 6. The Morgan fingerprint density at radius 2 is 0.909 bits per heavy atom. The van der Waals surface area contributed by atoms with Crippen molar-refractivity contribution in [2.45, 2.75) is 6.92 Å². The molecule has 0 aromatic heterocycles. The van der Waals surface area contributed by atoms with Crippen LogP contribution in [-0.2, 0) is 19.2 Å². The summed E-state index contributed by atoms with van der Waals surface area (Å²) in [7, 11) is 0. The topological polar surface area (TPSA) is 156 Å². The van der Waals surface area contributed by atoms with Crippen LogP contribution in [-0.4, -0.2) is 93.4 Å². The molecule has 0 unspecified atom stereocenters. The van der Waals surface area contributed by atoms with E-state index in [0.717, 1.165) is 0 Å². The summed E-state index contributed by atoms with van der Waals surface area (Å²) < 4.78 is 0. The van der Waals surface area contributed by atoms with Gasteiger partial charge >= 0.3 is 23.9 Å². The number of carbonyl (C=O) groups is 4. The van der Waals surface area contributed by atoms with E-state index >= 15 is 0 Å². The normalized spacial score (nSPS) is 11.1. The predicted octanol–water partition coefficient (Wildman–Crippen LogP) is -1.44. The Balaban J connectivity index is 4.63. The molecule has 0 amide bonds. The van der Waals surface area contributed by atoms with E-state index in [1.54, 1.807) is 6.92 Å². The van der Waals surface area contributed by atoms with Crippen LogP contribution in [0, 0.1) is 5.92 Å². The second-order valence-electron chi connectivity index (χ2n) is 5.02. The van der Waals surface area contributed by atoms with Gasteiger partial charge in [-0.3, -0.25) is 29.0 Å². The van der Waals surface area contributed by atoms with Gasteiger partial charge < -0.3 is 20.4 Å². The van der Waals surface area contributed by atoms with Crippen molar-refractivity contribution in [2.24, 2.45) is 5.92 Å². The first kappa shape index (κ1) is 19.8. The van der Waals surface area contributed by atoms with Crippen LogP contribution in [0.3, 0.4) is 0 Å². The first-order valence-corrected chi connectivity index (χ1v) is 6.42. The average molecular weight is 320 g/mol. The molecule has 0 radical (unpaired) electrons. The van der Waals surface area contributed by atoms with E-state index in [2.05, 4.69) is 0 Å². The summed E-state index contributed by atoms with van der Waals surface area (Å²) >= 11 is 0. The van der Waals surface area contributed by atoms with Crippen molar-refractivity contribution in [3.63, 3.8) is 0 Å². The minimum absolute atomic E-state index is 0.0916. The van der Waals surface area contributed by atoms with Gasteiger partial charge in [-0.15, -0.1) is 0 Å². The summed E-state index contributed by atoms with van der Waals surface area (Å²) in [4.78, 5) is 45.1. The molecule has 0 rings (SSSR count). The van der Waals surface area contributed by atoms with Gasteiger partial charge in [0.15, 0.2) is 0 Å². The Hall–Kier alpha value is -2.20. The molecule has 0 aromatic rings. The fourth-order valence-electron chi connectivity index (χ4n) is 2.07. The van der Waals surface area contributed by atoms with Crippen molar-refractivity contribution < 1.29 is 39.6 Å². The summed E-state index contributed by atoms with van der Waals surface area (Å²) in [6.07, 6.45) is 0. The second kappa shape index (κ2) is 9.68. The number of rotatable bonds is 12. The van der Waals surface area contributed by atoms with Crippen LogP contribution in [0.15, 0.2) is 0 Å². The summed E-state index contributed by atoms with van der Waals surface area (Å²) in [6.45, 7) is -0.0118. The van der Waals surface area contributed by atoms with Crippen LogP contribution < -0.4 is 0 Å². The molecule has 0 aromatic carbocycles. The lowest BCUT2D eigenvalue weighted by atomic mass is 10.1. The van der Waals surface area contributed by atoms with Gasteiger partial charge in [0.1, 0.15) is 0 Å². The molecule has 0 fully saturated rings. The Bertz CT molecular complexity index is 355. The molecule has 0 heterocycles. The fraction of sp³-hybridized carbons (Fsp3) is 0.667. The number of hydrogen-bond donors (Lipinski definition) is 4. The smallest absolute Gasteiger partial charge is 0.317 e. The minimum atomic E-state index is -1.18. The standard InChI is InChI=1S/C12H20N2O8/c1-8(2-13(4-9(15)16)5-10(17)18)3-14(6-11(19)20)7-12(21)22/h8H,2-7H2,1H3,(H,15,16)(H,17,18)(H,19,20)(H,21,22). The maximum absolute atomic E-state index is 10.7. The molecular formula is C12H20N2O8. The van der Waals surface area contributed by atoms with E-state index in [1.165, 1.54) is 9.80 Å². The minimum Gasteiger partial charge on any atom is -0.480 e. The van der Waals surface area contributed by atoms with Gasteiger partial charge in [0.2, 0.25) is 0 Å². The lowest BCUT2D eigenvalue weighted by molar-refractivity contribution is -0.143. The molecule has 0 bridgehead atoms. The zero-order chi connectivity index (χ0) is 17.3. The van der Waals surface area contributed by atoms with Crippen LogP contribution in [0.1, 0.15) is 6.92 Å². The molecule has 0 aliphatic carbocycles. The second-order valence-corrected chi connectivity index (χ2v) is 5.02. The van der Waals surface area contributed by atoms with E-state index in [4.69, 9.17) is 20.4 Å². The zero-order valence-corrected chi connectivity index (χ0v) is 12.1. The van der Waals surface area contributed by atoms with Crippen molar-refractivity contribution in [2.75, 3.05) is 39.3 Å². The zero-order valence-electron chi connectivity index (χ0n) is 12.1. The van der Waals surface area contributed by atoms with Gasteiger partial charge in [0.25, 0.3) is 0 Å². The average Bonchev–Trinajstić information content (AvgIpc) is 2.23. The van der Waals surface area contributed by atoms with Gasteiger partial charge in [-0.1, -0.05) is 6.92 Å². The summed E-state index contributed by atoms with van der Waals surface area (Å²) in [5.74, 6) is -5.03. The monoisotopic (exact) mass is 320 g/mol. The van der Waals surface area contributed by atoms with Crippen LogP contribution in [0.5, 0.6) is 0 Å². The maximum Gasteiger partial charge on any atom is 0.317 e. The molecule has 10 heteroatoms.